The molecule has 0 radical (unpaired) electrons. The smallest absolute Gasteiger partial charge is 0.240 e. The first-order valence-electron chi connectivity index (χ1n) is 6.37. The number of thiazole rings is 1. The molecular formula is C14H18N2O2S2. The van der Waals surface area contributed by atoms with E-state index >= 15 is 0 Å². The molecule has 1 heterocycles. The number of rotatable bonds is 5. The van der Waals surface area contributed by atoms with Gasteiger partial charge < -0.3 is 0 Å². The molecule has 20 heavy (non-hydrogen) atoms. The van der Waals surface area contributed by atoms with E-state index in [-0.39, 0.29) is 0 Å². The normalized spacial score (nSPS) is 11.8. The molecule has 0 unspecified atom stereocenters. The van der Waals surface area contributed by atoms with Crippen LogP contribution < -0.4 is 4.72 Å². The van der Waals surface area contributed by atoms with E-state index in [2.05, 4.69) is 9.71 Å². The lowest BCUT2D eigenvalue weighted by Gasteiger charge is -2.08. The maximum Gasteiger partial charge on any atom is 0.240 e. The van der Waals surface area contributed by atoms with Crippen LogP contribution in [-0.4, -0.2) is 19.9 Å². The number of nitrogens with zero attached hydrogens (tertiary/aromatic N) is 1. The Hall–Kier alpha value is -1.24. The van der Waals surface area contributed by atoms with Crippen molar-refractivity contribution in [3.8, 4) is 0 Å². The minimum Gasteiger partial charge on any atom is -0.249 e. The van der Waals surface area contributed by atoms with Crippen LogP contribution in [0.4, 0.5) is 0 Å². The van der Waals surface area contributed by atoms with Gasteiger partial charge in [-0.25, -0.2) is 18.1 Å². The summed E-state index contributed by atoms with van der Waals surface area (Å²) < 4.78 is 26.9. The van der Waals surface area contributed by atoms with Crippen molar-refractivity contribution in [2.75, 3.05) is 6.54 Å². The molecule has 0 amide bonds. The summed E-state index contributed by atoms with van der Waals surface area (Å²) in [6, 6.07) is 5.16. The minimum atomic E-state index is -3.44. The van der Waals surface area contributed by atoms with Gasteiger partial charge in [-0.15, -0.1) is 11.3 Å². The zero-order valence-corrected chi connectivity index (χ0v) is 13.4. The Morgan fingerprint density at radius 1 is 1.20 bits per heavy atom. The molecule has 0 aliphatic heterocycles. The second-order valence-electron chi connectivity index (χ2n) is 4.76. The van der Waals surface area contributed by atoms with Crippen LogP contribution in [0.25, 0.3) is 0 Å². The van der Waals surface area contributed by atoms with Gasteiger partial charge in [0.2, 0.25) is 10.0 Å². The monoisotopic (exact) mass is 310 g/mol. The van der Waals surface area contributed by atoms with Crippen molar-refractivity contribution in [1.29, 1.82) is 0 Å². The summed E-state index contributed by atoms with van der Waals surface area (Å²) in [5.74, 6) is 0. The van der Waals surface area contributed by atoms with Crippen LogP contribution in [0.3, 0.4) is 0 Å². The summed E-state index contributed by atoms with van der Waals surface area (Å²) in [5.41, 5.74) is 2.06. The molecule has 6 heteroatoms. The van der Waals surface area contributed by atoms with E-state index in [0.717, 1.165) is 21.0 Å². The first-order chi connectivity index (χ1) is 9.38. The van der Waals surface area contributed by atoms with E-state index in [1.807, 2.05) is 26.8 Å². The second kappa shape index (κ2) is 6.03. The van der Waals surface area contributed by atoms with Gasteiger partial charge in [-0.2, -0.15) is 0 Å². The first kappa shape index (κ1) is 15.2. The molecule has 0 fully saturated rings. The molecule has 1 aromatic heterocycles. The van der Waals surface area contributed by atoms with E-state index in [4.69, 9.17) is 0 Å². The number of benzene rings is 1. The molecule has 2 rings (SSSR count). The molecule has 0 saturated heterocycles. The minimum absolute atomic E-state index is 0.316. The Morgan fingerprint density at radius 3 is 2.55 bits per heavy atom. The van der Waals surface area contributed by atoms with Crippen LogP contribution >= 0.6 is 11.3 Å². The summed E-state index contributed by atoms with van der Waals surface area (Å²) in [6.07, 6.45) is 2.42. The van der Waals surface area contributed by atoms with Crippen molar-refractivity contribution >= 4 is 21.4 Å². The van der Waals surface area contributed by atoms with Crippen molar-refractivity contribution < 1.29 is 8.42 Å². The van der Waals surface area contributed by atoms with E-state index in [1.54, 1.807) is 29.7 Å². The third-order valence-corrected chi connectivity index (χ3v) is 5.52. The van der Waals surface area contributed by atoms with Gasteiger partial charge in [0.25, 0.3) is 0 Å². The zero-order valence-electron chi connectivity index (χ0n) is 11.8. The summed E-state index contributed by atoms with van der Waals surface area (Å²) >= 11 is 1.59. The largest absolute Gasteiger partial charge is 0.249 e. The van der Waals surface area contributed by atoms with Gasteiger partial charge >= 0.3 is 0 Å². The Morgan fingerprint density at radius 2 is 1.95 bits per heavy atom. The highest BCUT2D eigenvalue weighted by Gasteiger charge is 2.14. The van der Waals surface area contributed by atoms with Crippen LogP contribution in [0.1, 0.15) is 21.0 Å². The summed E-state index contributed by atoms with van der Waals surface area (Å²) in [5, 5.41) is 0.949. The molecule has 0 spiro atoms. The lowest BCUT2D eigenvalue weighted by atomic mass is 10.1. The predicted molar refractivity (Wildman–Crippen MR) is 81.7 cm³/mol. The van der Waals surface area contributed by atoms with Gasteiger partial charge in [0, 0.05) is 24.0 Å². The molecule has 1 aromatic carbocycles. The van der Waals surface area contributed by atoms with Gasteiger partial charge in [0.1, 0.15) is 0 Å². The fourth-order valence-electron chi connectivity index (χ4n) is 1.77. The molecule has 2 aromatic rings. The first-order valence-corrected chi connectivity index (χ1v) is 8.67. The third-order valence-electron chi connectivity index (χ3n) is 3.09. The van der Waals surface area contributed by atoms with Gasteiger partial charge in [-0.3, -0.25) is 0 Å². The van der Waals surface area contributed by atoms with E-state index < -0.39 is 10.0 Å². The fraction of sp³-hybridized carbons (Fsp3) is 0.357. The highest BCUT2D eigenvalue weighted by Crippen LogP contribution is 2.15. The maximum atomic E-state index is 12.2. The SMILES string of the molecule is Cc1cnc(CCNS(=O)(=O)c2ccc(C)c(C)c2)s1. The van der Waals surface area contributed by atoms with Crippen LogP contribution in [0, 0.1) is 20.8 Å². The molecule has 1 N–H and O–H groups in total. The van der Waals surface area contributed by atoms with Crippen LogP contribution in [0.2, 0.25) is 0 Å². The number of nitrogens with one attached hydrogen (secondary N) is 1. The molecule has 0 aliphatic carbocycles. The third kappa shape index (κ3) is 3.65. The zero-order chi connectivity index (χ0) is 14.8. The molecular weight excluding hydrogens is 292 g/mol. The number of hydrogen-bond acceptors (Lipinski definition) is 4. The maximum absolute atomic E-state index is 12.2. The molecule has 0 bridgehead atoms. The van der Waals surface area contributed by atoms with Crippen molar-refractivity contribution in [3.63, 3.8) is 0 Å². The van der Waals surface area contributed by atoms with E-state index in [9.17, 15) is 8.42 Å². The Balaban J connectivity index is 2.02. The van der Waals surface area contributed by atoms with Crippen LogP contribution in [0.5, 0.6) is 0 Å². The number of aromatic nitrogens is 1. The number of aryl methyl sites for hydroxylation is 3. The van der Waals surface area contributed by atoms with Crippen LogP contribution in [0.15, 0.2) is 29.3 Å². The second-order valence-corrected chi connectivity index (χ2v) is 7.84. The van der Waals surface area contributed by atoms with E-state index in [1.165, 1.54) is 0 Å². The van der Waals surface area contributed by atoms with Crippen molar-refractivity contribution in [2.24, 2.45) is 0 Å². The van der Waals surface area contributed by atoms with E-state index in [0.29, 0.717) is 17.9 Å². The molecule has 0 atom stereocenters. The molecule has 4 nitrogen and oxygen atoms in total. The Bertz CT molecular complexity index is 706. The summed E-state index contributed by atoms with van der Waals surface area (Å²) in [4.78, 5) is 5.67. The lowest BCUT2D eigenvalue weighted by Crippen LogP contribution is -2.26. The Labute approximate surface area is 123 Å². The molecule has 0 saturated carbocycles. The topological polar surface area (TPSA) is 59.1 Å². The highest BCUT2D eigenvalue weighted by molar-refractivity contribution is 7.89. The predicted octanol–water partition coefficient (Wildman–Crippen LogP) is 2.59. The summed E-state index contributed by atoms with van der Waals surface area (Å²) in [7, 11) is -3.44. The summed E-state index contributed by atoms with van der Waals surface area (Å²) in [6.45, 7) is 6.22. The van der Waals surface area contributed by atoms with Gasteiger partial charge in [0.05, 0.1) is 9.90 Å². The fourth-order valence-corrected chi connectivity index (χ4v) is 3.68. The van der Waals surface area contributed by atoms with Gasteiger partial charge in [-0.1, -0.05) is 6.07 Å². The molecule has 0 aliphatic rings. The molecule has 108 valence electrons. The lowest BCUT2D eigenvalue weighted by molar-refractivity contribution is 0.581. The Kier molecular flexibility index (Phi) is 4.57. The van der Waals surface area contributed by atoms with Crippen molar-refractivity contribution in [2.45, 2.75) is 32.1 Å². The average Bonchev–Trinajstić information content (AvgIpc) is 2.78. The number of hydrogen-bond donors (Lipinski definition) is 1. The van der Waals surface area contributed by atoms with Gasteiger partial charge in [0.15, 0.2) is 0 Å². The van der Waals surface area contributed by atoms with Crippen molar-refractivity contribution in [3.05, 3.63) is 45.4 Å². The quantitative estimate of drug-likeness (QED) is 0.923. The number of sulfonamides is 1. The van der Waals surface area contributed by atoms with Crippen molar-refractivity contribution in [1.82, 2.24) is 9.71 Å². The van der Waals surface area contributed by atoms with Crippen LogP contribution in [-0.2, 0) is 16.4 Å². The highest BCUT2D eigenvalue weighted by atomic mass is 32.2. The van der Waals surface area contributed by atoms with Gasteiger partial charge in [-0.05, 0) is 44.0 Å². The standard InChI is InChI=1S/C14H18N2O2S2/c1-10-4-5-13(8-11(10)2)20(17,18)16-7-6-14-15-9-12(3)19-14/h4-5,8-9,16H,6-7H2,1-3H3. The average molecular weight is 310 g/mol.